The molecule has 2 N–H and O–H groups in total. The summed E-state index contributed by atoms with van der Waals surface area (Å²) < 4.78 is 5.03. The van der Waals surface area contributed by atoms with E-state index in [1.165, 1.54) is 25.7 Å². The van der Waals surface area contributed by atoms with Crippen LogP contribution in [0.4, 0.5) is 0 Å². The minimum atomic E-state index is 0. The largest absolute Gasteiger partial charge is 0.385 e. The van der Waals surface area contributed by atoms with Crippen molar-refractivity contribution in [1.82, 2.24) is 10.6 Å². The number of halogens is 1. The second-order valence-electron chi connectivity index (χ2n) is 5.80. The maximum absolute atomic E-state index is 12.1. The summed E-state index contributed by atoms with van der Waals surface area (Å²) in [4.78, 5) is 12.1. The van der Waals surface area contributed by atoms with Crippen molar-refractivity contribution >= 4 is 18.3 Å². The first-order valence-electron chi connectivity index (χ1n) is 7.26. The van der Waals surface area contributed by atoms with Crippen LogP contribution in [-0.2, 0) is 9.53 Å². The molecule has 0 aromatic heterocycles. The normalized spacial score (nSPS) is 31.2. The first kappa shape index (κ1) is 16.7. The van der Waals surface area contributed by atoms with Crippen molar-refractivity contribution in [3.8, 4) is 0 Å². The lowest BCUT2D eigenvalue weighted by molar-refractivity contribution is -0.123. The van der Waals surface area contributed by atoms with Crippen LogP contribution in [0, 0.1) is 5.92 Å². The van der Waals surface area contributed by atoms with E-state index in [4.69, 9.17) is 4.74 Å². The zero-order valence-electron chi connectivity index (χ0n) is 12.0. The first-order valence-corrected chi connectivity index (χ1v) is 7.26. The number of nitrogens with one attached hydrogen (secondary N) is 2. The number of amides is 1. The van der Waals surface area contributed by atoms with Gasteiger partial charge in [-0.05, 0) is 38.5 Å². The predicted octanol–water partition coefficient (Wildman–Crippen LogP) is 1.87. The SMILES string of the molecule is COCCC(C)NC(=O)C1CC2CCCCC2N1.Cl. The van der Waals surface area contributed by atoms with E-state index < -0.39 is 0 Å². The van der Waals surface area contributed by atoms with E-state index in [2.05, 4.69) is 10.6 Å². The molecule has 1 aliphatic heterocycles. The van der Waals surface area contributed by atoms with E-state index in [9.17, 15) is 4.79 Å². The van der Waals surface area contributed by atoms with E-state index in [1.807, 2.05) is 6.92 Å². The molecule has 1 saturated carbocycles. The molecule has 112 valence electrons. The molecular formula is C14H27ClN2O2. The van der Waals surface area contributed by atoms with Crippen molar-refractivity contribution in [2.75, 3.05) is 13.7 Å². The number of carbonyl (C=O) groups is 1. The van der Waals surface area contributed by atoms with Gasteiger partial charge in [0.1, 0.15) is 0 Å². The Bertz CT molecular complexity index is 275. The summed E-state index contributed by atoms with van der Waals surface area (Å²) >= 11 is 0. The smallest absolute Gasteiger partial charge is 0.237 e. The molecule has 1 amide bonds. The number of hydrogen-bond donors (Lipinski definition) is 2. The maximum Gasteiger partial charge on any atom is 0.237 e. The van der Waals surface area contributed by atoms with Crippen LogP contribution in [0.2, 0.25) is 0 Å². The molecule has 19 heavy (non-hydrogen) atoms. The summed E-state index contributed by atoms with van der Waals surface area (Å²) in [5.74, 6) is 0.900. The van der Waals surface area contributed by atoms with Gasteiger partial charge in [-0.1, -0.05) is 12.8 Å². The highest BCUT2D eigenvalue weighted by Crippen LogP contribution is 2.33. The molecule has 1 heterocycles. The van der Waals surface area contributed by atoms with E-state index in [0.29, 0.717) is 12.6 Å². The molecule has 0 spiro atoms. The molecule has 5 heteroatoms. The van der Waals surface area contributed by atoms with E-state index in [1.54, 1.807) is 7.11 Å². The van der Waals surface area contributed by atoms with Gasteiger partial charge in [0, 0.05) is 25.8 Å². The minimum Gasteiger partial charge on any atom is -0.385 e. The van der Waals surface area contributed by atoms with Gasteiger partial charge < -0.3 is 15.4 Å². The van der Waals surface area contributed by atoms with Crippen molar-refractivity contribution in [2.45, 2.75) is 63.6 Å². The van der Waals surface area contributed by atoms with E-state index in [-0.39, 0.29) is 30.4 Å². The molecule has 1 aliphatic carbocycles. The second kappa shape index (κ2) is 8.08. The Morgan fingerprint density at radius 2 is 2.16 bits per heavy atom. The van der Waals surface area contributed by atoms with Crippen LogP contribution in [0.1, 0.15) is 45.4 Å². The van der Waals surface area contributed by atoms with Crippen LogP contribution in [0.25, 0.3) is 0 Å². The number of fused-ring (bicyclic) bond motifs is 1. The van der Waals surface area contributed by atoms with E-state index in [0.717, 1.165) is 18.8 Å². The van der Waals surface area contributed by atoms with Crippen LogP contribution in [-0.4, -0.2) is 37.7 Å². The highest BCUT2D eigenvalue weighted by Gasteiger charge is 2.38. The molecule has 0 aromatic rings. The lowest BCUT2D eigenvalue weighted by Gasteiger charge is -2.24. The van der Waals surface area contributed by atoms with E-state index >= 15 is 0 Å². The van der Waals surface area contributed by atoms with Crippen molar-refractivity contribution < 1.29 is 9.53 Å². The monoisotopic (exact) mass is 290 g/mol. The molecule has 4 unspecified atom stereocenters. The summed E-state index contributed by atoms with van der Waals surface area (Å²) in [5, 5.41) is 6.60. The number of ether oxygens (including phenoxy) is 1. The zero-order chi connectivity index (χ0) is 13.0. The van der Waals surface area contributed by atoms with Gasteiger partial charge in [0.15, 0.2) is 0 Å². The third kappa shape index (κ3) is 4.62. The Morgan fingerprint density at radius 1 is 1.42 bits per heavy atom. The molecule has 2 rings (SSSR count). The van der Waals surface area contributed by atoms with Crippen LogP contribution in [0.15, 0.2) is 0 Å². The van der Waals surface area contributed by atoms with Crippen molar-refractivity contribution in [3.63, 3.8) is 0 Å². The van der Waals surface area contributed by atoms with Crippen LogP contribution in [0.5, 0.6) is 0 Å². The fourth-order valence-corrected chi connectivity index (χ4v) is 3.23. The summed E-state index contributed by atoms with van der Waals surface area (Å²) in [6.45, 7) is 2.74. The molecule has 1 saturated heterocycles. The third-order valence-electron chi connectivity index (χ3n) is 4.32. The van der Waals surface area contributed by atoms with Gasteiger partial charge in [0.2, 0.25) is 5.91 Å². The highest BCUT2D eigenvalue weighted by atomic mass is 35.5. The molecule has 2 fully saturated rings. The number of hydrogen-bond acceptors (Lipinski definition) is 3. The number of rotatable bonds is 5. The van der Waals surface area contributed by atoms with Gasteiger partial charge in [-0.15, -0.1) is 12.4 Å². The Hall–Kier alpha value is -0.320. The molecular weight excluding hydrogens is 264 g/mol. The number of carbonyl (C=O) groups excluding carboxylic acids is 1. The molecule has 0 bridgehead atoms. The summed E-state index contributed by atoms with van der Waals surface area (Å²) in [5.41, 5.74) is 0. The van der Waals surface area contributed by atoms with Crippen molar-refractivity contribution in [2.24, 2.45) is 5.92 Å². The quantitative estimate of drug-likeness (QED) is 0.813. The van der Waals surface area contributed by atoms with Crippen molar-refractivity contribution in [1.29, 1.82) is 0 Å². The molecule has 0 radical (unpaired) electrons. The highest BCUT2D eigenvalue weighted by molar-refractivity contribution is 5.85. The summed E-state index contributed by atoms with van der Waals surface area (Å²) in [6.07, 6.45) is 7.08. The van der Waals surface area contributed by atoms with Gasteiger partial charge in [-0.2, -0.15) is 0 Å². The fraction of sp³-hybridized carbons (Fsp3) is 0.929. The summed E-state index contributed by atoms with van der Waals surface area (Å²) in [6, 6.07) is 0.814. The lowest BCUT2D eigenvalue weighted by Crippen LogP contribution is -2.46. The van der Waals surface area contributed by atoms with Gasteiger partial charge in [-0.25, -0.2) is 0 Å². The third-order valence-corrected chi connectivity index (χ3v) is 4.32. The second-order valence-corrected chi connectivity index (χ2v) is 5.80. The number of methoxy groups -OCH3 is 1. The standard InChI is InChI=1S/C14H26N2O2.ClH/c1-10(7-8-18-2)15-14(17)13-9-11-5-3-4-6-12(11)16-13;/h10-13,16H,3-9H2,1-2H3,(H,15,17);1H. The molecule has 2 aliphatic rings. The Kier molecular flexibility index (Phi) is 7.11. The average molecular weight is 291 g/mol. The van der Waals surface area contributed by atoms with Crippen molar-refractivity contribution in [3.05, 3.63) is 0 Å². The average Bonchev–Trinajstić information content (AvgIpc) is 2.80. The maximum atomic E-state index is 12.1. The first-order chi connectivity index (χ1) is 8.70. The van der Waals surface area contributed by atoms with Crippen LogP contribution in [0.3, 0.4) is 0 Å². The Morgan fingerprint density at radius 3 is 2.84 bits per heavy atom. The predicted molar refractivity (Wildman–Crippen MR) is 78.6 cm³/mol. The lowest BCUT2D eigenvalue weighted by atomic mass is 9.85. The van der Waals surface area contributed by atoms with Crippen LogP contribution < -0.4 is 10.6 Å². The minimum absolute atomic E-state index is 0. The molecule has 4 atom stereocenters. The topological polar surface area (TPSA) is 50.4 Å². The van der Waals surface area contributed by atoms with Gasteiger partial charge in [0.25, 0.3) is 0 Å². The molecule has 4 nitrogen and oxygen atoms in total. The zero-order valence-corrected chi connectivity index (χ0v) is 12.8. The molecule has 0 aromatic carbocycles. The Balaban J connectivity index is 0.00000180. The van der Waals surface area contributed by atoms with Gasteiger partial charge >= 0.3 is 0 Å². The van der Waals surface area contributed by atoms with Gasteiger partial charge in [-0.3, -0.25) is 4.79 Å². The van der Waals surface area contributed by atoms with Gasteiger partial charge in [0.05, 0.1) is 6.04 Å². The summed E-state index contributed by atoms with van der Waals surface area (Å²) in [7, 11) is 1.69. The van der Waals surface area contributed by atoms with Crippen LogP contribution >= 0.6 is 12.4 Å². The fourth-order valence-electron chi connectivity index (χ4n) is 3.23. The Labute approximate surface area is 122 Å².